The van der Waals surface area contributed by atoms with Gasteiger partial charge < -0.3 is 5.32 Å². The Balaban J connectivity index is 2.59. The molecule has 4 heteroatoms. The molecule has 76 valence electrons. The van der Waals surface area contributed by atoms with Gasteiger partial charge in [0.1, 0.15) is 5.38 Å². The summed E-state index contributed by atoms with van der Waals surface area (Å²) in [6.45, 7) is 3.54. The molecule has 0 aliphatic heterocycles. The molecule has 0 aliphatic carbocycles. The van der Waals surface area contributed by atoms with Gasteiger partial charge in [0.05, 0.1) is 6.04 Å². The Kier molecular flexibility index (Phi) is 3.89. The van der Waals surface area contributed by atoms with Crippen LogP contribution in [-0.2, 0) is 4.79 Å². The van der Waals surface area contributed by atoms with E-state index in [9.17, 15) is 4.79 Å². The van der Waals surface area contributed by atoms with Gasteiger partial charge in [0.2, 0.25) is 5.91 Å². The molecule has 2 atom stereocenters. The number of aromatic nitrogens is 1. The normalized spacial score (nSPS) is 14.5. The highest BCUT2D eigenvalue weighted by Crippen LogP contribution is 2.10. The van der Waals surface area contributed by atoms with Crippen LogP contribution in [0.2, 0.25) is 0 Å². The summed E-state index contributed by atoms with van der Waals surface area (Å²) in [7, 11) is 0. The summed E-state index contributed by atoms with van der Waals surface area (Å²) in [4.78, 5) is 15.2. The van der Waals surface area contributed by atoms with E-state index in [1.807, 2.05) is 19.1 Å². The first kappa shape index (κ1) is 11.0. The fourth-order valence-electron chi connectivity index (χ4n) is 1.04. The van der Waals surface area contributed by atoms with Crippen LogP contribution in [0.4, 0.5) is 0 Å². The number of carbonyl (C=O) groups excluding carboxylic acids is 1. The fourth-order valence-corrected chi connectivity index (χ4v) is 1.11. The molecule has 0 aliphatic rings. The van der Waals surface area contributed by atoms with E-state index in [1.54, 1.807) is 19.3 Å². The van der Waals surface area contributed by atoms with Crippen LogP contribution in [-0.4, -0.2) is 16.3 Å². The van der Waals surface area contributed by atoms with Gasteiger partial charge in [0.25, 0.3) is 0 Å². The predicted molar refractivity (Wildman–Crippen MR) is 56.1 cm³/mol. The van der Waals surface area contributed by atoms with E-state index in [0.717, 1.165) is 5.56 Å². The minimum atomic E-state index is -0.505. The SMILES string of the molecule is CC(Cl)C(=O)N[C@H](C)c1cccnc1. The zero-order valence-corrected chi connectivity index (χ0v) is 8.95. The van der Waals surface area contributed by atoms with Crippen molar-refractivity contribution in [2.75, 3.05) is 0 Å². The Morgan fingerprint density at radius 3 is 2.79 bits per heavy atom. The van der Waals surface area contributed by atoms with E-state index < -0.39 is 5.38 Å². The molecule has 1 amide bonds. The van der Waals surface area contributed by atoms with Crippen molar-refractivity contribution < 1.29 is 4.79 Å². The van der Waals surface area contributed by atoms with Gasteiger partial charge in [-0.25, -0.2) is 0 Å². The van der Waals surface area contributed by atoms with Gasteiger partial charge in [0.15, 0.2) is 0 Å². The van der Waals surface area contributed by atoms with Crippen LogP contribution in [0.1, 0.15) is 25.5 Å². The smallest absolute Gasteiger partial charge is 0.238 e. The van der Waals surface area contributed by atoms with Crippen LogP contribution in [0.5, 0.6) is 0 Å². The number of pyridine rings is 1. The summed E-state index contributed by atoms with van der Waals surface area (Å²) in [6, 6.07) is 3.69. The lowest BCUT2D eigenvalue weighted by Gasteiger charge is -2.14. The summed E-state index contributed by atoms with van der Waals surface area (Å²) in [6.07, 6.45) is 3.42. The molecule has 0 bridgehead atoms. The van der Waals surface area contributed by atoms with Gasteiger partial charge >= 0.3 is 0 Å². The van der Waals surface area contributed by atoms with Gasteiger partial charge in [0, 0.05) is 12.4 Å². The maximum absolute atomic E-state index is 11.3. The lowest BCUT2D eigenvalue weighted by molar-refractivity contribution is -0.121. The van der Waals surface area contributed by atoms with Crippen molar-refractivity contribution in [3.63, 3.8) is 0 Å². The van der Waals surface area contributed by atoms with Crippen molar-refractivity contribution >= 4 is 17.5 Å². The Morgan fingerprint density at radius 1 is 1.57 bits per heavy atom. The van der Waals surface area contributed by atoms with Crippen LogP contribution < -0.4 is 5.32 Å². The van der Waals surface area contributed by atoms with E-state index in [0.29, 0.717) is 0 Å². The van der Waals surface area contributed by atoms with Gasteiger partial charge in [-0.2, -0.15) is 0 Å². The number of nitrogens with zero attached hydrogens (tertiary/aromatic N) is 1. The van der Waals surface area contributed by atoms with Crippen molar-refractivity contribution in [1.82, 2.24) is 10.3 Å². The second-order valence-corrected chi connectivity index (χ2v) is 3.79. The molecule has 1 aromatic rings. The Morgan fingerprint density at radius 2 is 2.29 bits per heavy atom. The zero-order valence-electron chi connectivity index (χ0n) is 8.20. The van der Waals surface area contributed by atoms with Crippen molar-refractivity contribution in [3.05, 3.63) is 30.1 Å². The highest BCUT2D eigenvalue weighted by atomic mass is 35.5. The molecule has 1 heterocycles. The third-order valence-electron chi connectivity index (χ3n) is 1.90. The van der Waals surface area contributed by atoms with E-state index >= 15 is 0 Å². The number of hydrogen-bond donors (Lipinski definition) is 1. The molecule has 0 fully saturated rings. The summed E-state index contributed by atoms with van der Waals surface area (Å²) < 4.78 is 0. The average Bonchev–Trinajstić information content (AvgIpc) is 2.19. The molecular weight excluding hydrogens is 200 g/mol. The molecule has 3 nitrogen and oxygen atoms in total. The number of hydrogen-bond acceptors (Lipinski definition) is 2. The van der Waals surface area contributed by atoms with Gasteiger partial charge in [-0.3, -0.25) is 9.78 Å². The minimum Gasteiger partial charge on any atom is -0.348 e. The Hall–Kier alpha value is -1.09. The highest BCUT2D eigenvalue weighted by Gasteiger charge is 2.13. The summed E-state index contributed by atoms with van der Waals surface area (Å²) >= 11 is 5.63. The molecule has 0 saturated carbocycles. The average molecular weight is 213 g/mol. The second kappa shape index (κ2) is 4.96. The number of carbonyl (C=O) groups is 1. The van der Waals surface area contributed by atoms with Crippen molar-refractivity contribution in [2.24, 2.45) is 0 Å². The summed E-state index contributed by atoms with van der Waals surface area (Å²) in [5.41, 5.74) is 0.971. The van der Waals surface area contributed by atoms with Crippen LogP contribution in [0.25, 0.3) is 0 Å². The third-order valence-corrected chi connectivity index (χ3v) is 2.10. The van der Waals surface area contributed by atoms with E-state index in [4.69, 9.17) is 11.6 Å². The largest absolute Gasteiger partial charge is 0.348 e. The number of alkyl halides is 1. The second-order valence-electron chi connectivity index (χ2n) is 3.13. The molecule has 0 radical (unpaired) electrons. The number of halogens is 1. The standard InChI is InChI=1S/C10H13ClN2O/c1-7(11)10(14)13-8(2)9-4-3-5-12-6-9/h3-8H,1-2H3,(H,13,14)/t7?,8-/m1/s1. The first-order chi connectivity index (χ1) is 6.61. The Bertz CT molecular complexity index is 300. The van der Waals surface area contributed by atoms with Crippen molar-refractivity contribution in [2.45, 2.75) is 25.3 Å². The maximum atomic E-state index is 11.3. The molecule has 1 unspecified atom stereocenters. The number of rotatable bonds is 3. The molecular formula is C10H13ClN2O. The lowest BCUT2D eigenvalue weighted by Crippen LogP contribution is -2.31. The molecule has 0 spiro atoms. The van der Waals surface area contributed by atoms with Crippen LogP contribution in [0, 0.1) is 0 Å². The summed E-state index contributed by atoms with van der Waals surface area (Å²) in [5, 5.41) is 2.28. The predicted octanol–water partition coefficient (Wildman–Crippen LogP) is 1.89. The van der Waals surface area contributed by atoms with E-state index in [2.05, 4.69) is 10.3 Å². The molecule has 14 heavy (non-hydrogen) atoms. The minimum absolute atomic E-state index is 0.0580. The van der Waals surface area contributed by atoms with Crippen molar-refractivity contribution in [3.8, 4) is 0 Å². The van der Waals surface area contributed by atoms with E-state index in [1.165, 1.54) is 0 Å². The topological polar surface area (TPSA) is 42.0 Å². The van der Waals surface area contributed by atoms with E-state index in [-0.39, 0.29) is 11.9 Å². The molecule has 1 rings (SSSR count). The van der Waals surface area contributed by atoms with Gasteiger partial charge in [-0.05, 0) is 25.5 Å². The molecule has 0 aromatic carbocycles. The first-order valence-electron chi connectivity index (χ1n) is 4.45. The van der Waals surface area contributed by atoms with Crippen LogP contribution >= 0.6 is 11.6 Å². The molecule has 0 saturated heterocycles. The molecule has 1 N–H and O–H groups in total. The highest BCUT2D eigenvalue weighted by molar-refractivity contribution is 6.30. The summed E-state index contributed by atoms with van der Waals surface area (Å²) in [5.74, 6) is -0.164. The lowest BCUT2D eigenvalue weighted by atomic mass is 10.1. The zero-order chi connectivity index (χ0) is 10.6. The Labute approximate surface area is 88.5 Å². The van der Waals surface area contributed by atoms with Crippen LogP contribution in [0.15, 0.2) is 24.5 Å². The van der Waals surface area contributed by atoms with Crippen LogP contribution in [0.3, 0.4) is 0 Å². The number of nitrogens with one attached hydrogen (secondary N) is 1. The van der Waals surface area contributed by atoms with Gasteiger partial charge in [-0.15, -0.1) is 11.6 Å². The van der Waals surface area contributed by atoms with Crippen molar-refractivity contribution in [1.29, 1.82) is 0 Å². The fraction of sp³-hybridized carbons (Fsp3) is 0.400. The molecule has 1 aromatic heterocycles. The maximum Gasteiger partial charge on any atom is 0.238 e. The third kappa shape index (κ3) is 3.00. The first-order valence-corrected chi connectivity index (χ1v) is 4.89. The number of amides is 1. The monoisotopic (exact) mass is 212 g/mol. The van der Waals surface area contributed by atoms with Gasteiger partial charge in [-0.1, -0.05) is 6.07 Å². The quantitative estimate of drug-likeness (QED) is 0.778.